The van der Waals surface area contributed by atoms with Gasteiger partial charge in [-0.05, 0) is 63.9 Å². The number of sulfonamides is 1. The zero-order chi connectivity index (χ0) is 24.9. The molecular weight excluding hydrogens is 458 g/mol. The summed E-state index contributed by atoms with van der Waals surface area (Å²) in [6, 6.07) is 6.61. The van der Waals surface area contributed by atoms with Crippen molar-refractivity contribution in [1.82, 2.24) is 15.2 Å². The van der Waals surface area contributed by atoms with Crippen LogP contribution in [0.1, 0.15) is 35.7 Å². The number of hydrogen-bond acceptors (Lipinski definition) is 7. The maximum absolute atomic E-state index is 12.2. The topological polar surface area (TPSA) is 136 Å². The third-order valence-corrected chi connectivity index (χ3v) is 6.80. The fourth-order valence-corrected chi connectivity index (χ4v) is 5.07. The van der Waals surface area contributed by atoms with Crippen LogP contribution in [0.3, 0.4) is 0 Å². The molecule has 1 aliphatic rings. The maximum Gasteiger partial charge on any atom is 0.319 e. The van der Waals surface area contributed by atoms with Gasteiger partial charge in [-0.15, -0.1) is 0 Å². The van der Waals surface area contributed by atoms with Crippen LogP contribution in [0.25, 0.3) is 0 Å². The lowest BCUT2D eigenvalue weighted by Gasteiger charge is -2.33. The minimum atomic E-state index is -3.96. The second-order valence-electron chi connectivity index (χ2n) is 8.43. The van der Waals surface area contributed by atoms with Crippen molar-refractivity contribution < 1.29 is 22.7 Å². The third-order valence-electron chi connectivity index (χ3n) is 5.88. The Balaban J connectivity index is 1.55. The molecule has 1 aromatic heterocycles. The van der Waals surface area contributed by atoms with E-state index in [1.165, 1.54) is 20.3 Å². The molecular formula is C23H33N5O5S. The molecule has 3 rings (SSSR count). The monoisotopic (exact) mass is 491 g/mol. The summed E-state index contributed by atoms with van der Waals surface area (Å²) in [6.45, 7) is 6.61. The highest BCUT2D eigenvalue weighted by Crippen LogP contribution is 2.40. The molecule has 0 aliphatic carbocycles. The van der Waals surface area contributed by atoms with E-state index in [9.17, 15) is 13.2 Å². The summed E-state index contributed by atoms with van der Waals surface area (Å²) in [4.78, 5) is 18.7. The number of amides is 2. The fourth-order valence-electron chi connectivity index (χ4n) is 4.33. The van der Waals surface area contributed by atoms with Crippen molar-refractivity contribution in [2.24, 2.45) is 5.14 Å². The standard InChI is InChI=1S/C23H33N5O5S/c1-15-11-18(12-16(2)26-15)27-23(29)25-7-10-28-8-5-17(6-9-28)20-13-19(32-3)14-21(22(20)33-4)34(24,30)31/h11-14,17H,5-10H2,1-4H3,(H2,24,30,31)(H2,25,26,27,29). The number of likely N-dealkylation sites (tertiary alicyclic amines) is 1. The number of carbonyl (C=O) groups excluding carboxylic acids is 1. The minimum absolute atomic E-state index is 0.0680. The number of anilines is 1. The first-order valence-corrected chi connectivity index (χ1v) is 12.7. The predicted octanol–water partition coefficient (Wildman–Crippen LogP) is 2.36. The molecule has 0 radical (unpaired) electrons. The summed E-state index contributed by atoms with van der Waals surface area (Å²) in [5, 5.41) is 11.1. The van der Waals surface area contributed by atoms with Crippen molar-refractivity contribution in [3.8, 4) is 11.5 Å². The van der Waals surface area contributed by atoms with E-state index in [0.29, 0.717) is 18.8 Å². The molecule has 186 valence electrons. The zero-order valence-corrected chi connectivity index (χ0v) is 20.9. The number of hydrogen-bond donors (Lipinski definition) is 3. The van der Waals surface area contributed by atoms with Crippen LogP contribution in [-0.2, 0) is 10.0 Å². The van der Waals surface area contributed by atoms with Crippen LogP contribution in [0, 0.1) is 13.8 Å². The van der Waals surface area contributed by atoms with Crippen LogP contribution < -0.4 is 25.2 Å². The smallest absolute Gasteiger partial charge is 0.319 e. The van der Waals surface area contributed by atoms with Gasteiger partial charge in [0.2, 0.25) is 10.0 Å². The number of piperidine rings is 1. The average Bonchev–Trinajstić information content (AvgIpc) is 2.77. The van der Waals surface area contributed by atoms with Gasteiger partial charge in [-0.2, -0.15) is 0 Å². The molecule has 0 atom stereocenters. The molecule has 1 saturated heterocycles. The van der Waals surface area contributed by atoms with Gasteiger partial charge in [0.1, 0.15) is 16.4 Å². The van der Waals surface area contributed by atoms with Gasteiger partial charge < -0.3 is 25.0 Å². The van der Waals surface area contributed by atoms with Crippen LogP contribution in [-0.4, -0.2) is 64.7 Å². The Morgan fingerprint density at radius 2 is 1.76 bits per heavy atom. The van der Waals surface area contributed by atoms with Crippen LogP contribution in [0.5, 0.6) is 11.5 Å². The number of pyridine rings is 1. The maximum atomic E-state index is 12.2. The normalized spacial score (nSPS) is 15.1. The third kappa shape index (κ3) is 6.58. The Hall–Kier alpha value is -2.89. The van der Waals surface area contributed by atoms with Crippen molar-refractivity contribution >= 4 is 21.7 Å². The molecule has 34 heavy (non-hydrogen) atoms. The first kappa shape index (κ1) is 25.7. The van der Waals surface area contributed by atoms with Crippen molar-refractivity contribution in [3.63, 3.8) is 0 Å². The second kappa shape index (κ2) is 11.0. The second-order valence-corrected chi connectivity index (χ2v) is 9.96. The first-order chi connectivity index (χ1) is 16.1. The largest absolute Gasteiger partial charge is 0.497 e. The molecule has 1 aromatic carbocycles. The predicted molar refractivity (Wildman–Crippen MR) is 130 cm³/mol. The minimum Gasteiger partial charge on any atom is -0.497 e. The highest BCUT2D eigenvalue weighted by molar-refractivity contribution is 7.89. The fraction of sp³-hybridized carbons (Fsp3) is 0.478. The molecule has 0 saturated carbocycles. The van der Waals surface area contributed by atoms with Crippen molar-refractivity contribution in [3.05, 3.63) is 41.2 Å². The summed E-state index contributed by atoms with van der Waals surface area (Å²) in [5.41, 5.74) is 3.20. The lowest BCUT2D eigenvalue weighted by Crippen LogP contribution is -2.40. The van der Waals surface area contributed by atoms with E-state index in [4.69, 9.17) is 14.6 Å². The lowest BCUT2D eigenvalue weighted by molar-refractivity contribution is 0.209. The van der Waals surface area contributed by atoms with Gasteiger partial charge in [0.15, 0.2) is 0 Å². The Morgan fingerprint density at radius 3 is 2.32 bits per heavy atom. The van der Waals surface area contributed by atoms with E-state index < -0.39 is 10.0 Å². The Bertz CT molecular complexity index is 1110. The number of aryl methyl sites for hydroxylation is 2. The molecule has 11 heteroatoms. The number of carbonyl (C=O) groups is 1. The summed E-state index contributed by atoms with van der Waals surface area (Å²) in [7, 11) is -1.03. The van der Waals surface area contributed by atoms with E-state index in [0.717, 1.165) is 48.6 Å². The number of primary sulfonamides is 1. The van der Waals surface area contributed by atoms with Gasteiger partial charge in [0.05, 0.1) is 14.2 Å². The van der Waals surface area contributed by atoms with E-state index in [2.05, 4.69) is 20.5 Å². The Kier molecular flexibility index (Phi) is 8.34. The first-order valence-electron chi connectivity index (χ1n) is 11.1. The number of aromatic nitrogens is 1. The summed E-state index contributed by atoms with van der Waals surface area (Å²) in [5.74, 6) is 0.815. The Morgan fingerprint density at radius 1 is 1.12 bits per heavy atom. The van der Waals surface area contributed by atoms with E-state index >= 15 is 0 Å². The lowest BCUT2D eigenvalue weighted by atomic mass is 9.88. The molecule has 2 amide bonds. The van der Waals surface area contributed by atoms with Gasteiger partial charge in [-0.3, -0.25) is 4.98 Å². The number of methoxy groups -OCH3 is 2. The van der Waals surface area contributed by atoms with Crippen LogP contribution >= 0.6 is 0 Å². The van der Waals surface area contributed by atoms with Crippen LogP contribution in [0.2, 0.25) is 0 Å². The number of nitrogens with one attached hydrogen (secondary N) is 2. The van der Waals surface area contributed by atoms with Gasteiger partial charge in [0, 0.05) is 41.8 Å². The van der Waals surface area contributed by atoms with Gasteiger partial charge in [-0.25, -0.2) is 18.4 Å². The summed E-state index contributed by atoms with van der Waals surface area (Å²) < 4.78 is 34.9. The average molecular weight is 492 g/mol. The quantitative estimate of drug-likeness (QED) is 0.516. The molecule has 0 spiro atoms. The van der Waals surface area contributed by atoms with E-state index in [1.807, 2.05) is 32.0 Å². The molecule has 2 aromatic rings. The van der Waals surface area contributed by atoms with Crippen LogP contribution in [0.15, 0.2) is 29.2 Å². The van der Waals surface area contributed by atoms with Crippen molar-refractivity contribution in [2.45, 2.75) is 37.5 Å². The number of nitrogens with two attached hydrogens (primary N) is 1. The molecule has 4 N–H and O–H groups in total. The Labute approximate surface area is 200 Å². The van der Waals surface area contributed by atoms with E-state index in [-0.39, 0.29) is 22.6 Å². The van der Waals surface area contributed by atoms with Gasteiger partial charge in [0.25, 0.3) is 0 Å². The van der Waals surface area contributed by atoms with Gasteiger partial charge in [-0.1, -0.05) is 0 Å². The molecule has 1 aliphatic heterocycles. The van der Waals surface area contributed by atoms with Crippen molar-refractivity contribution in [1.29, 1.82) is 0 Å². The van der Waals surface area contributed by atoms with Crippen molar-refractivity contribution in [2.75, 3.05) is 45.7 Å². The summed E-state index contributed by atoms with van der Waals surface area (Å²) >= 11 is 0. The molecule has 0 bridgehead atoms. The summed E-state index contributed by atoms with van der Waals surface area (Å²) in [6.07, 6.45) is 1.63. The SMILES string of the molecule is COc1cc(C2CCN(CCNC(=O)Nc3cc(C)nc(C)c3)CC2)c(OC)c(S(N)(=O)=O)c1. The van der Waals surface area contributed by atoms with Crippen LogP contribution in [0.4, 0.5) is 10.5 Å². The highest BCUT2D eigenvalue weighted by atomic mass is 32.2. The van der Waals surface area contributed by atoms with Gasteiger partial charge >= 0.3 is 6.03 Å². The number of nitrogens with zero attached hydrogens (tertiary/aromatic N) is 2. The zero-order valence-electron chi connectivity index (χ0n) is 20.1. The van der Waals surface area contributed by atoms with E-state index in [1.54, 1.807) is 0 Å². The molecule has 0 unspecified atom stereocenters. The highest BCUT2D eigenvalue weighted by Gasteiger charge is 2.28. The number of benzene rings is 1. The molecule has 10 nitrogen and oxygen atoms in total. The molecule has 1 fully saturated rings. The number of rotatable bonds is 8. The molecule has 2 heterocycles. The number of urea groups is 1. The number of ether oxygens (including phenoxy) is 2.